The molecule has 0 amide bonds. The number of methoxy groups -OCH3 is 2. The van der Waals surface area contributed by atoms with E-state index < -0.39 is 119 Å². The van der Waals surface area contributed by atoms with Crippen LogP contribution in [0.25, 0.3) is 64.4 Å². The van der Waals surface area contributed by atoms with Gasteiger partial charge in [0.25, 0.3) is 28.1 Å². The summed E-state index contributed by atoms with van der Waals surface area (Å²) < 4.78 is 167. The number of phenolic OH excluding ortho intramolecular Hbond substituents is 3. The number of sulfonamides is 1. The number of aromatic hydroxyl groups is 3. The summed E-state index contributed by atoms with van der Waals surface area (Å²) in [7, 11) is 1.02. The molecule has 0 bridgehead atoms. The maximum absolute atomic E-state index is 14.4. The minimum Gasteiger partial charge on any atom is -0.749 e. The van der Waals surface area contributed by atoms with Crippen LogP contribution in [-0.4, -0.2) is 107 Å². The molecule has 6 N–H and O–H groups in total. The summed E-state index contributed by atoms with van der Waals surface area (Å²) in [6, 6.07) is 40.0. The number of anilines is 2. The van der Waals surface area contributed by atoms with Gasteiger partial charge in [-0.1, -0.05) is 135 Å². The smallest absolute Gasteiger partial charge is 0.265 e. The largest absolute Gasteiger partial charge is 0.749 e. The molecule has 14 rings (SSSR count). The number of benzene rings is 9. The van der Waals surface area contributed by atoms with E-state index in [-0.39, 0.29) is 26.3 Å². The SMILES string of the molecule is CCC[CH2][Sn]([CH2]CCC)([CH2]CCC)[c]1cncs1.COc1ccc(-c2nccs2)cc1Cl.COc1ccc(Br)cc1Cl.Nc1cc(-c2ccccc2)c(F)cc1F.O=S(=O)(Cl)c1cc(-c2nccs2)cc(Cl)c1O.O=S(=O)(Cl)c1cc(-c2nccs2)cc(Cl)c1O.O=S(=O)(Nc1cc(-c2ccccc2)c(F)cc1F)c1cc(-c2cncs2)cc(Cl)c1O.O=S([O-])OCl. The normalized spacial score (nSPS) is 11.3. The molecule has 0 spiro atoms. The summed E-state index contributed by atoms with van der Waals surface area (Å²) in [4.78, 5) is 19.8. The van der Waals surface area contributed by atoms with Gasteiger partial charge < -0.3 is 35.1 Å². The van der Waals surface area contributed by atoms with Gasteiger partial charge in [0.05, 0.1) is 73.0 Å². The van der Waals surface area contributed by atoms with Crippen LogP contribution in [0.1, 0.15) is 59.3 Å². The van der Waals surface area contributed by atoms with Crippen molar-refractivity contribution >= 4 is 236 Å². The van der Waals surface area contributed by atoms with Crippen LogP contribution in [0.3, 0.4) is 0 Å². The van der Waals surface area contributed by atoms with Crippen molar-refractivity contribution in [1.29, 1.82) is 0 Å². The summed E-state index contributed by atoms with van der Waals surface area (Å²) in [6.07, 6.45) is 17.1. The second-order valence-corrected chi connectivity index (χ2v) is 55.2. The first kappa shape index (κ1) is 107. The number of nitrogens with one attached hydrogen (secondary N) is 1. The number of hydrogen-bond donors (Lipinski definition) is 5. The Morgan fingerprint density at radius 1 is 0.496 bits per heavy atom. The Morgan fingerprint density at radius 3 is 1.29 bits per heavy atom. The van der Waals surface area contributed by atoms with Crippen LogP contribution in [0.5, 0.6) is 28.7 Å². The summed E-state index contributed by atoms with van der Waals surface area (Å²) in [5.74, 6) is -3.69. The van der Waals surface area contributed by atoms with Gasteiger partial charge in [-0.2, -0.15) is 3.74 Å². The van der Waals surface area contributed by atoms with E-state index in [4.69, 9.17) is 103 Å². The number of halogens is 13. The number of ether oxygens (including phenoxy) is 2. The minimum absolute atomic E-state index is 0.0142. The molecular formula is C83H75BrCl8F4N7O14S9Sn-. The maximum atomic E-state index is 14.4. The monoisotopic (exact) mass is 2240 g/mol. The molecule has 14 aromatic rings. The molecule has 5 aromatic heterocycles. The fourth-order valence-corrected chi connectivity index (χ4v) is 38.2. The average molecular weight is 2240 g/mol. The van der Waals surface area contributed by atoms with Crippen molar-refractivity contribution in [2.75, 3.05) is 24.7 Å². The Labute approximate surface area is 806 Å². The van der Waals surface area contributed by atoms with Gasteiger partial charge in [-0.25, -0.2) is 62.0 Å². The van der Waals surface area contributed by atoms with Crippen LogP contribution >= 0.6 is 164 Å². The predicted octanol–water partition coefficient (Wildman–Crippen LogP) is 27.1. The molecule has 0 aliphatic carbocycles. The van der Waals surface area contributed by atoms with Gasteiger partial charge in [0.1, 0.15) is 75.8 Å². The summed E-state index contributed by atoms with van der Waals surface area (Å²) in [6.45, 7) is 7.01. The van der Waals surface area contributed by atoms with E-state index in [2.05, 4.69) is 93.7 Å². The number of phenols is 3. The van der Waals surface area contributed by atoms with Gasteiger partial charge in [-0.05, 0) is 102 Å². The van der Waals surface area contributed by atoms with Crippen LogP contribution in [-0.2, 0) is 43.2 Å². The second kappa shape index (κ2) is 52.3. The van der Waals surface area contributed by atoms with Crippen molar-refractivity contribution in [3.8, 4) is 93.2 Å². The third-order valence-electron chi connectivity index (χ3n) is 17.5. The number of nitrogens with two attached hydrogens (primary N) is 1. The number of aromatic nitrogens is 5. The number of rotatable bonds is 24. The van der Waals surface area contributed by atoms with E-state index in [0.717, 1.165) is 27.2 Å². The van der Waals surface area contributed by atoms with Crippen molar-refractivity contribution in [3.05, 3.63) is 269 Å². The summed E-state index contributed by atoms with van der Waals surface area (Å²) in [5, 5.41) is 37.8. The van der Waals surface area contributed by atoms with Crippen LogP contribution < -0.4 is 22.8 Å². The fourth-order valence-electron chi connectivity index (χ4n) is 11.4. The van der Waals surface area contributed by atoms with Crippen LogP contribution in [0.4, 0.5) is 28.9 Å². The first-order chi connectivity index (χ1) is 60.3. The molecule has 127 heavy (non-hydrogen) atoms. The standard InChI is InChI=1S/C21H13ClF2N2O3S2.C12H9F2N.C10H8ClNOS.2C9H5Cl2NO3S2.C7H6BrClO.3C4H9.C3H2NS.ClHO3S.Sn/c22-15-6-13(19-10-25-11-30-19)7-20(21(15)27)31(28,29)26-18-8-14(16(23)9-17(18)24)12-4-2-1-3-5-12;13-10-7-11(14)12(15)6-9(10)8-4-2-1-3-5-8;1-13-9-3-2-7(6-8(9)11)10-12-4-5-14-10;2*10-6-3-5(9-12-1-2-16-9)4-7(8(6)13)17(11,14)15;1-10-7-3-2-5(8)4-6(7)9;3*1-3-4-2;1-2-5-3-4-1;1-4-5(2)3;/h1-11,26-27H;1-7H,15H2;2-6H,1H3;2*1-4,13H;2-4H,1H3;3*1,3-4H2,2H3;1,3H;(H,2,3);/p-1. The number of unbranched alkanes of at least 4 members (excludes halogenated alkanes) is 3. The van der Waals surface area contributed by atoms with E-state index in [9.17, 15) is 58.1 Å². The van der Waals surface area contributed by atoms with Gasteiger partial charge >= 0.3 is 122 Å². The third-order valence-corrected chi connectivity index (χ3v) is 46.3. The summed E-state index contributed by atoms with van der Waals surface area (Å²) in [5.41, 5.74) is 12.3. The molecule has 9 aromatic carbocycles. The number of nitrogens with zero attached hydrogens (tertiary/aromatic N) is 5. The molecule has 0 radical (unpaired) electrons. The molecule has 0 saturated heterocycles. The molecule has 21 nitrogen and oxygen atoms in total. The zero-order chi connectivity index (χ0) is 93.3. The maximum Gasteiger partial charge on any atom is 0.265 e. The molecule has 0 aliphatic heterocycles. The molecule has 0 saturated carbocycles. The van der Waals surface area contributed by atoms with Crippen molar-refractivity contribution in [2.45, 2.75) is 87.3 Å². The molecule has 0 fully saturated rings. The van der Waals surface area contributed by atoms with Crippen molar-refractivity contribution in [2.24, 2.45) is 0 Å². The first-order valence-corrected chi connectivity index (χ1v) is 58.8. The first-order valence-electron chi connectivity index (χ1n) is 36.9. The quantitative estimate of drug-likeness (QED) is 0.0123. The Bertz CT molecular complexity index is 6120. The van der Waals surface area contributed by atoms with Gasteiger partial charge in [-0.15, -0.1) is 45.3 Å². The minimum atomic E-state index is -4.48. The molecule has 44 heteroatoms. The van der Waals surface area contributed by atoms with Gasteiger partial charge in [0, 0.05) is 107 Å². The topological polar surface area (TPSA) is 333 Å². The van der Waals surface area contributed by atoms with Crippen LogP contribution in [0, 0.1) is 23.3 Å². The fraction of sp³-hybridized carbons (Fsp3) is 0.169. The van der Waals surface area contributed by atoms with Gasteiger partial charge in [-0.3, -0.25) is 9.71 Å². The molecule has 1 atom stereocenters. The van der Waals surface area contributed by atoms with E-state index in [1.807, 2.05) is 53.1 Å². The Morgan fingerprint density at radius 2 is 0.898 bits per heavy atom. The number of nitrogen functional groups attached to an aromatic ring is 1. The Kier molecular flexibility index (Phi) is 44.0. The zero-order valence-electron chi connectivity index (χ0n) is 66.9. The molecule has 0 aliphatic rings. The van der Waals surface area contributed by atoms with Gasteiger partial charge in [0.2, 0.25) is 0 Å². The summed E-state index contributed by atoms with van der Waals surface area (Å²) >= 11 is 39.6. The number of hydrogen-bond acceptors (Lipinski definition) is 25. The van der Waals surface area contributed by atoms with E-state index >= 15 is 0 Å². The van der Waals surface area contributed by atoms with Crippen LogP contribution in [0.15, 0.2) is 235 Å². The van der Waals surface area contributed by atoms with Crippen molar-refractivity contribution in [1.82, 2.24) is 24.9 Å². The number of thiazole rings is 5. The van der Waals surface area contributed by atoms with Crippen molar-refractivity contribution < 1.29 is 80.1 Å². The molecule has 676 valence electrons. The molecular weight excluding hydrogens is 2170 g/mol. The average Bonchev–Trinajstić information content (AvgIpc) is 1.10. The van der Waals surface area contributed by atoms with E-state index in [0.29, 0.717) is 75.9 Å². The van der Waals surface area contributed by atoms with Crippen molar-refractivity contribution in [3.63, 3.8) is 0 Å². The van der Waals surface area contributed by atoms with E-state index in [1.165, 1.54) is 121 Å². The Hall–Kier alpha value is -7.03. The zero-order valence-corrected chi connectivity index (χ0v) is 84.7. The van der Waals surface area contributed by atoms with Gasteiger partial charge in [0.15, 0.2) is 17.2 Å². The predicted molar refractivity (Wildman–Crippen MR) is 515 cm³/mol. The van der Waals surface area contributed by atoms with Crippen LogP contribution in [0.2, 0.25) is 38.4 Å². The molecule has 1 unspecified atom stereocenters. The molecule has 5 heterocycles. The third kappa shape index (κ3) is 32.4. The second-order valence-electron chi connectivity index (χ2n) is 26.0. The Balaban J connectivity index is 0.000000206. The van der Waals surface area contributed by atoms with E-state index in [1.54, 1.807) is 137 Å².